The molecular formula is C7H15F3N2. The summed E-state index contributed by atoms with van der Waals surface area (Å²) >= 11 is 0. The zero-order chi connectivity index (χ0) is 9.45. The molecule has 2 nitrogen and oxygen atoms in total. The number of nitrogens with one attached hydrogen (secondary N) is 2. The highest BCUT2D eigenvalue weighted by molar-refractivity contribution is 4.54. The Morgan fingerprint density at radius 1 is 1.08 bits per heavy atom. The van der Waals surface area contributed by atoms with E-state index in [9.17, 15) is 13.2 Å². The lowest BCUT2D eigenvalue weighted by molar-refractivity contribution is -0.135. The van der Waals surface area contributed by atoms with E-state index in [1.165, 1.54) is 0 Å². The number of likely N-dealkylation sites (N-methyl/N-ethyl adjacent to an activating group) is 1. The smallest absolute Gasteiger partial charge is 0.318 e. The first kappa shape index (κ1) is 11.7. The molecule has 5 heteroatoms. The predicted molar refractivity (Wildman–Crippen MR) is 42.1 cm³/mol. The van der Waals surface area contributed by atoms with Crippen LogP contribution in [0.4, 0.5) is 13.2 Å². The Bertz CT molecular complexity index is 103. The Hall–Kier alpha value is -0.290. The van der Waals surface area contributed by atoms with Crippen molar-refractivity contribution in [3.05, 3.63) is 0 Å². The molecule has 0 aromatic carbocycles. The maximum absolute atomic E-state index is 11.6. The van der Waals surface area contributed by atoms with E-state index in [1.807, 2.05) is 0 Å². The molecule has 0 radical (unpaired) electrons. The minimum atomic E-state index is -4.01. The molecule has 0 saturated carbocycles. The molecule has 2 N–H and O–H groups in total. The van der Waals surface area contributed by atoms with Crippen molar-refractivity contribution in [3.63, 3.8) is 0 Å². The van der Waals surface area contributed by atoms with Crippen LogP contribution in [0.1, 0.15) is 12.8 Å². The number of hydrogen-bond acceptors (Lipinski definition) is 2. The minimum absolute atomic E-state index is 0.160. The molecular weight excluding hydrogens is 169 g/mol. The van der Waals surface area contributed by atoms with Crippen molar-refractivity contribution in [2.45, 2.75) is 19.0 Å². The van der Waals surface area contributed by atoms with Gasteiger partial charge < -0.3 is 10.6 Å². The van der Waals surface area contributed by atoms with E-state index in [1.54, 1.807) is 7.05 Å². The summed E-state index contributed by atoms with van der Waals surface area (Å²) in [6.45, 7) is 1.93. The van der Waals surface area contributed by atoms with E-state index in [-0.39, 0.29) is 6.42 Å². The number of rotatable bonds is 6. The lowest BCUT2D eigenvalue weighted by Crippen LogP contribution is -2.26. The maximum Gasteiger partial charge on any atom is 0.389 e. The van der Waals surface area contributed by atoms with Gasteiger partial charge in [-0.3, -0.25) is 0 Å². The van der Waals surface area contributed by atoms with Gasteiger partial charge in [0.25, 0.3) is 0 Å². The second kappa shape index (κ2) is 6.25. The summed E-state index contributed by atoms with van der Waals surface area (Å²) in [4.78, 5) is 0. The van der Waals surface area contributed by atoms with Crippen LogP contribution in [0.25, 0.3) is 0 Å². The van der Waals surface area contributed by atoms with E-state index in [0.717, 1.165) is 6.54 Å². The molecule has 0 aromatic rings. The van der Waals surface area contributed by atoms with Gasteiger partial charge in [-0.25, -0.2) is 0 Å². The van der Waals surface area contributed by atoms with E-state index in [0.29, 0.717) is 13.1 Å². The highest BCUT2D eigenvalue weighted by Crippen LogP contribution is 2.20. The van der Waals surface area contributed by atoms with Gasteiger partial charge in [0.15, 0.2) is 0 Å². The second-order valence-electron chi connectivity index (χ2n) is 2.57. The number of alkyl halides is 3. The summed E-state index contributed by atoms with van der Waals surface area (Å²) in [5, 5.41) is 5.79. The molecule has 0 atom stereocenters. The summed E-state index contributed by atoms with van der Waals surface area (Å²) in [6, 6.07) is 0. The standard InChI is InChI=1S/C7H15F3N2/c1-11-5-6-12-4-2-3-7(8,9)10/h11-12H,2-6H2,1H3. The third-order valence-electron chi connectivity index (χ3n) is 1.37. The molecule has 0 bridgehead atoms. The molecule has 12 heavy (non-hydrogen) atoms. The van der Waals surface area contributed by atoms with Gasteiger partial charge in [-0.05, 0) is 20.0 Å². The Kier molecular flexibility index (Phi) is 6.10. The SMILES string of the molecule is CNCCNCCCC(F)(F)F. The van der Waals surface area contributed by atoms with E-state index >= 15 is 0 Å². The highest BCUT2D eigenvalue weighted by Gasteiger charge is 2.25. The molecule has 0 aliphatic rings. The summed E-state index contributed by atoms with van der Waals surface area (Å²) < 4.78 is 34.8. The Morgan fingerprint density at radius 2 is 1.75 bits per heavy atom. The van der Waals surface area contributed by atoms with Gasteiger partial charge in [-0.15, -0.1) is 0 Å². The molecule has 0 fully saturated rings. The fraction of sp³-hybridized carbons (Fsp3) is 1.00. The van der Waals surface area contributed by atoms with Gasteiger partial charge in [-0.2, -0.15) is 13.2 Å². The van der Waals surface area contributed by atoms with Crippen LogP contribution in [0.5, 0.6) is 0 Å². The molecule has 0 amide bonds. The molecule has 0 rings (SSSR count). The molecule has 0 aromatic heterocycles. The predicted octanol–water partition coefficient (Wildman–Crippen LogP) is 1.14. The van der Waals surface area contributed by atoms with Gasteiger partial charge in [0.2, 0.25) is 0 Å². The highest BCUT2D eigenvalue weighted by atomic mass is 19.4. The summed E-state index contributed by atoms with van der Waals surface area (Å²) in [6.07, 6.45) is -4.54. The van der Waals surface area contributed by atoms with Crippen molar-refractivity contribution < 1.29 is 13.2 Å². The summed E-state index contributed by atoms with van der Waals surface area (Å²) in [5.74, 6) is 0. The van der Waals surface area contributed by atoms with Crippen molar-refractivity contribution in [1.29, 1.82) is 0 Å². The average Bonchev–Trinajstić information content (AvgIpc) is 1.94. The quantitative estimate of drug-likeness (QED) is 0.605. The molecule has 74 valence electrons. The summed E-state index contributed by atoms with van der Waals surface area (Å²) in [5.41, 5.74) is 0. The Balaban J connectivity index is 3.01. The van der Waals surface area contributed by atoms with Crippen LogP contribution >= 0.6 is 0 Å². The van der Waals surface area contributed by atoms with Gasteiger partial charge in [0.1, 0.15) is 0 Å². The van der Waals surface area contributed by atoms with Crippen LogP contribution in [0.15, 0.2) is 0 Å². The van der Waals surface area contributed by atoms with E-state index < -0.39 is 12.6 Å². The topological polar surface area (TPSA) is 24.1 Å². The first-order valence-corrected chi connectivity index (χ1v) is 3.98. The van der Waals surface area contributed by atoms with Crippen LogP contribution in [-0.4, -0.2) is 32.9 Å². The molecule has 0 spiro atoms. The largest absolute Gasteiger partial charge is 0.389 e. The molecule has 0 heterocycles. The van der Waals surface area contributed by atoms with Crippen LogP contribution < -0.4 is 10.6 Å². The molecule has 0 saturated heterocycles. The first-order chi connectivity index (χ1) is 5.56. The number of hydrogen-bond donors (Lipinski definition) is 2. The van der Waals surface area contributed by atoms with Crippen LogP contribution in [0.3, 0.4) is 0 Å². The molecule has 0 unspecified atom stereocenters. The Labute approximate surface area is 70.5 Å². The maximum atomic E-state index is 11.6. The zero-order valence-electron chi connectivity index (χ0n) is 7.17. The zero-order valence-corrected chi connectivity index (χ0v) is 7.17. The monoisotopic (exact) mass is 184 g/mol. The lowest BCUT2D eigenvalue weighted by Gasteiger charge is -2.06. The number of halogens is 3. The van der Waals surface area contributed by atoms with Crippen molar-refractivity contribution in [2.75, 3.05) is 26.7 Å². The van der Waals surface area contributed by atoms with Crippen molar-refractivity contribution in [1.82, 2.24) is 10.6 Å². The van der Waals surface area contributed by atoms with Crippen molar-refractivity contribution in [2.24, 2.45) is 0 Å². The normalized spacial score (nSPS) is 12.0. The summed E-state index contributed by atoms with van der Waals surface area (Å²) in [7, 11) is 1.80. The van der Waals surface area contributed by atoms with Crippen LogP contribution in [0.2, 0.25) is 0 Å². The molecule has 0 aliphatic heterocycles. The lowest BCUT2D eigenvalue weighted by atomic mass is 10.3. The third-order valence-corrected chi connectivity index (χ3v) is 1.37. The van der Waals surface area contributed by atoms with Gasteiger partial charge in [0, 0.05) is 19.5 Å². The third kappa shape index (κ3) is 9.71. The average molecular weight is 184 g/mol. The van der Waals surface area contributed by atoms with Crippen LogP contribution in [0, 0.1) is 0 Å². The van der Waals surface area contributed by atoms with E-state index in [2.05, 4.69) is 10.6 Å². The second-order valence-corrected chi connectivity index (χ2v) is 2.57. The fourth-order valence-electron chi connectivity index (χ4n) is 0.752. The van der Waals surface area contributed by atoms with Crippen molar-refractivity contribution in [3.8, 4) is 0 Å². The fourth-order valence-corrected chi connectivity index (χ4v) is 0.752. The van der Waals surface area contributed by atoms with Gasteiger partial charge in [-0.1, -0.05) is 0 Å². The first-order valence-electron chi connectivity index (χ1n) is 3.98. The van der Waals surface area contributed by atoms with E-state index in [4.69, 9.17) is 0 Å². The van der Waals surface area contributed by atoms with Gasteiger partial charge >= 0.3 is 6.18 Å². The molecule has 0 aliphatic carbocycles. The van der Waals surface area contributed by atoms with Gasteiger partial charge in [0.05, 0.1) is 0 Å². The van der Waals surface area contributed by atoms with Crippen molar-refractivity contribution >= 4 is 0 Å². The Morgan fingerprint density at radius 3 is 2.25 bits per heavy atom. The minimum Gasteiger partial charge on any atom is -0.318 e. The van der Waals surface area contributed by atoms with Crippen LogP contribution in [-0.2, 0) is 0 Å².